The Hall–Kier alpha value is -1.09. The fourth-order valence-electron chi connectivity index (χ4n) is 0.294. The molecule has 0 heterocycles. The van der Waals surface area contributed by atoms with Gasteiger partial charge in [0.15, 0.2) is 5.83 Å². The third kappa shape index (κ3) is 3.86. The zero-order valence-electron chi connectivity index (χ0n) is 4.90. The van der Waals surface area contributed by atoms with Gasteiger partial charge in [-0.05, 0) is 0 Å². The largest absolute Gasteiger partial charge is 0.301 e. The maximum absolute atomic E-state index is 11.8. The van der Waals surface area contributed by atoms with Gasteiger partial charge in [-0.15, -0.1) is 0 Å². The smallest absolute Gasteiger partial charge is 0.211 e. The molecule has 0 saturated carbocycles. The van der Waals surface area contributed by atoms with Crippen LogP contribution in [0.1, 0.15) is 6.42 Å². The third-order valence-electron chi connectivity index (χ3n) is 0.713. The number of rotatable bonds is 3. The van der Waals surface area contributed by atoms with Crippen LogP contribution in [-0.4, -0.2) is 12.6 Å². The maximum Gasteiger partial charge on any atom is 0.301 e. The van der Waals surface area contributed by atoms with Crippen molar-refractivity contribution in [1.82, 2.24) is 0 Å². The van der Waals surface area contributed by atoms with E-state index in [0.29, 0.717) is 0 Å². The molecule has 0 fully saturated rings. The number of nitrogens with zero attached hydrogens (tertiary/aromatic N) is 1. The molecule has 0 aliphatic rings. The van der Waals surface area contributed by atoms with E-state index in [0.717, 1.165) is 6.08 Å². The van der Waals surface area contributed by atoms with Crippen LogP contribution in [0.15, 0.2) is 16.9 Å². The molecule has 0 radical (unpaired) electrons. The van der Waals surface area contributed by atoms with E-state index in [1.807, 2.05) is 0 Å². The molecule has 0 aromatic heterocycles. The minimum absolute atomic E-state index is 0.285. The first-order valence-corrected chi connectivity index (χ1v) is 2.41. The molecule has 0 aromatic rings. The Morgan fingerprint density at radius 2 is 2.00 bits per heavy atom. The molecule has 0 atom stereocenters. The second kappa shape index (κ2) is 4.76. The molecule has 0 saturated heterocycles. The highest BCUT2D eigenvalue weighted by Gasteiger charge is 2.02. The van der Waals surface area contributed by atoms with Crippen LogP contribution in [0.2, 0.25) is 0 Å². The Balaban J connectivity index is 3.70. The highest BCUT2D eigenvalue weighted by Crippen LogP contribution is 2.12. The van der Waals surface area contributed by atoms with Gasteiger partial charge in [0.1, 0.15) is 0 Å². The number of hydrogen-bond acceptors (Lipinski definition) is 2. The summed E-state index contributed by atoms with van der Waals surface area (Å²) in [5.41, 5.74) is 0. The summed E-state index contributed by atoms with van der Waals surface area (Å²) in [5.74, 6) is -1.53. The quantitative estimate of drug-likeness (QED) is 0.446. The Morgan fingerprint density at radius 3 is 2.40 bits per heavy atom. The van der Waals surface area contributed by atoms with Crippen LogP contribution in [0.4, 0.5) is 13.2 Å². The maximum atomic E-state index is 11.8. The van der Waals surface area contributed by atoms with E-state index in [-0.39, 0.29) is 6.54 Å². The van der Waals surface area contributed by atoms with Gasteiger partial charge in [0, 0.05) is 6.42 Å². The number of aliphatic imine (C=N–C) groups is 1. The van der Waals surface area contributed by atoms with Crippen molar-refractivity contribution in [2.24, 2.45) is 4.99 Å². The molecule has 0 N–H and O–H groups in total. The number of halogens is 3. The van der Waals surface area contributed by atoms with Crippen LogP contribution < -0.4 is 0 Å². The average Bonchev–Trinajstić information content (AvgIpc) is 1.88. The predicted octanol–water partition coefficient (Wildman–Crippen LogP) is 1.79. The van der Waals surface area contributed by atoms with Gasteiger partial charge >= 0.3 is 6.08 Å². The molecule has 10 heavy (non-hydrogen) atoms. The van der Waals surface area contributed by atoms with E-state index in [1.165, 1.54) is 0 Å². The SMILES string of the molecule is O=C=NCCC(F)=C(F)F. The van der Waals surface area contributed by atoms with E-state index in [2.05, 4.69) is 4.99 Å². The molecule has 0 bridgehead atoms. The van der Waals surface area contributed by atoms with Crippen molar-refractivity contribution < 1.29 is 18.0 Å². The third-order valence-corrected chi connectivity index (χ3v) is 0.713. The first-order valence-electron chi connectivity index (χ1n) is 2.41. The zero-order valence-corrected chi connectivity index (χ0v) is 4.90. The predicted molar refractivity (Wildman–Crippen MR) is 28.0 cm³/mol. The fraction of sp³-hybridized carbons (Fsp3) is 0.400. The van der Waals surface area contributed by atoms with Crippen molar-refractivity contribution in [2.75, 3.05) is 6.54 Å². The first kappa shape index (κ1) is 8.91. The second-order valence-corrected chi connectivity index (χ2v) is 1.39. The Labute approximate surface area is 55.1 Å². The van der Waals surface area contributed by atoms with Crippen molar-refractivity contribution in [3.05, 3.63) is 11.9 Å². The summed E-state index contributed by atoms with van der Waals surface area (Å²) in [6.45, 7) is -0.285. The zero-order chi connectivity index (χ0) is 7.98. The summed E-state index contributed by atoms with van der Waals surface area (Å²) in [7, 11) is 0. The molecule has 0 spiro atoms. The molecule has 0 aliphatic heterocycles. The summed E-state index contributed by atoms with van der Waals surface area (Å²) in [6.07, 6.45) is -1.80. The van der Waals surface area contributed by atoms with Gasteiger partial charge in [0.25, 0.3) is 0 Å². The van der Waals surface area contributed by atoms with Crippen LogP contribution in [0, 0.1) is 0 Å². The van der Waals surface area contributed by atoms with Crippen LogP contribution in [0.25, 0.3) is 0 Å². The van der Waals surface area contributed by atoms with Crippen LogP contribution in [-0.2, 0) is 4.79 Å². The van der Waals surface area contributed by atoms with E-state index >= 15 is 0 Å². The van der Waals surface area contributed by atoms with Crippen molar-refractivity contribution in [3.63, 3.8) is 0 Å². The summed E-state index contributed by atoms with van der Waals surface area (Å²) < 4.78 is 34.2. The molecule has 0 rings (SSSR count). The van der Waals surface area contributed by atoms with Crippen LogP contribution in [0.5, 0.6) is 0 Å². The summed E-state index contributed by atoms with van der Waals surface area (Å²) in [6, 6.07) is 0. The molecular formula is C5H4F3NO. The van der Waals surface area contributed by atoms with Gasteiger partial charge in [-0.3, -0.25) is 0 Å². The van der Waals surface area contributed by atoms with E-state index in [1.54, 1.807) is 0 Å². The Bertz CT molecular complexity index is 179. The van der Waals surface area contributed by atoms with Gasteiger partial charge in [-0.2, -0.15) is 8.78 Å². The minimum atomic E-state index is -2.36. The van der Waals surface area contributed by atoms with Crippen LogP contribution >= 0.6 is 0 Å². The van der Waals surface area contributed by atoms with Crippen molar-refractivity contribution in [2.45, 2.75) is 6.42 Å². The molecule has 5 heteroatoms. The Kier molecular flexibility index (Phi) is 4.24. The van der Waals surface area contributed by atoms with Gasteiger partial charge in [-0.1, -0.05) is 0 Å². The lowest BCUT2D eigenvalue weighted by atomic mass is 10.4. The number of carbonyl (C=O) groups excluding carboxylic acids is 1. The second-order valence-electron chi connectivity index (χ2n) is 1.39. The molecule has 56 valence electrons. The number of hydrogen-bond donors (Lipinski definition) is 0. The fourth-order valence-corrected chi connectivity index (χ4v) is 0.294. The summed E-state index contributed by atoms with van der Waals surface area (Å²) in [5, 5.41) is 0. The van der Waals surface area contributed by atoms with E-state index < -0.39 is 18.3 Å². The van der Waals surface area contributed by atoms with Crippen LogP contribution in [0.3, 0.4) is 0 Å². The molecular weight excluding hydrogens is 147 g/mol. The van der Waals surface area contributed by atoms with Gasteiger partial charge in [-0.25, -0.2) is 14.2 Å². The molecule has 0 unspecified atom stereocenters. The summed E-state index contributed by atoms with van der Waals surface area (Å²) >= 11 is 0. The standard InChI is InChI=1S/C5H4F3NO/c6-4(5(7)8)1-2-9-3-10/h1-2H2. The molecule has 0 amide bonds. The van der Waals surface area contributed by atoms with E-state index in [9.17, 15) is 18.0 Å². The first-order chi connectivity index (χ1) is 4.68. The van der Waals surface area contributed by atoms with Crippen molar-refractivity contribution in [3.8, 4) is 0 Å². The van der Waals surface area contributed by atoms with Gasteiger partial charge < -0.3 is 0 Å². The normalized spacial score (nSPS) is 8.30. The monoisotopic (exact) mass is 151 g/mol. The lowest BCUT2D eigenvalue weighted by Crippen LogP contribution is -1.81. The lowest BCUT2D eigenvalue weighted by molar-refractivity contribution is 0.371. The highest BCUT2D eigenvalue weighted by molar-refractivity contribution is 5.32. The average molecular weight is 151 g/mol. The van der Waals surface area contributed by atoms with Gasteiger partial charge in [0.2, 0.25) is 6.08 Å². The van der Waals surface area contributed by atoms with Gasteiger partial charge in [0.05, 0.1) is 6.54 Å². The molecule has 0 aliphatic carbocycles. The minimum Gasteiger partial charge on any atom is -0.211 e. The molecule has 0 aromatic carbocycles. The van der Waals surface area contributed by atoms with E-state index in [4.69, 9.17) is 0 Å². The molecule has 2 nitrogen and oxygen atoms in total. The lowest BCUT2D eigenvalue weighted by Gasteiger charge is -1.87. The van der Waals surface area contributed by atoms with Crippen molar-refractivity contribution >= 4 is 6.08 Å². The Morgan fingerprint density at radius 1 is 1.40 bits per heavy atom. The topological polar surface area (TPSA) is 29.4 Å². The highest BCUT2D eigenvalue weighted by atomic mass is 19.3. The summed E-state index contributed by atoms with van der Waals surface area (Å²) in [4.78, 5) is 12.2. The number of isocyanates is 1. The van der Waals surface area contributed by atoms with Crippen molar-refractivity contribution in [1.29, 1.82) is 0 Å².